The molecule has 26 heavy (non-hydrogen) atoms. The van der Waals surface area contributed by atoms with Gasteiger partial charge in [0.15, 0.2) is 0 Å². The number of anilines is 2. The first-order valence-corrected chi connectivity index (χ1v) is 9.23. The molecule has 2 aromatic heterocycles. The van der Waals surface area contributed by atoms with Crippen molar-refractivity contribution in [3.05, 3.63) is 66.1 Å². The summed E-state index contributed by atoms with van der Waals surface area (Å²) in [6.45, 7) is 0. The second-order valence-corrected chi connectivity index (χ2v) is 7.14. The molecule has 3 N–H and O–H groups in total. The first kappa shape index (κ1) is 16.9. The number of aromatic nitrogens is 3. The average molecular weight is 382 g/mol. The molecule has 2 aromatic carbocycles. The molecule has 4 aromatic rings. The number of H-pyrrole nitrogens is 1. The minimum absolute atomic E-state index is 0.694. The highest BCUT2D eigenvalue weighted by molar-refractivity contribution is 7.97. The van der Waals surface area contributed by atoms with Gasteiger partial charge in [-0.3, -0.25) is 4.72 Å². The van der Waals surface area contributed by atoms with Gasteiger partial charge in [0.25, 0.3) is 0 Å². The van der Waals surface area contributed by atoms with Gasteiger partial charge in [0.05, 0.1) is 5.39 Å². The first-order chi connectivity index (χ1) is 12.7. The van der Waals surface area contributed by atoms with E-state index in [2.05, 4.69) is 37.1 Å². The molecule has 0 saturated carbocycles. The number of rotatable bonds is 5. The number of aromatic amines is 1. The number of nitrogens with zero attached hydrogens (tertiary/aromatic N) is 2. The Morgan fingerprint density at radius 3 is 2.81 bits per heavy atom. The first-order valence-electron chi connectivity index (χ1n) is 8.03. The lowest BCUT2D eigenvalue weighted by Crippen LogP contribution is -1.97. The Bertz CT molecular complexity index is 1060. The van der Waals surface area contributed by atoms with Gasteiger partial charge in [0, 0.05) is 27.4 Å². The van der Waals surface area contributed by atoms with Gasteiger partial charge in [-0.2, -0.15) is 0 Å². The van der Waals surface area contributed by atoms with Crippen molar-refractivity contribution >= 4 is 46.1 Å². The number of benzene rings is 2. The van der Waals surface area contributed by atoms with Crippen LogP contribution in [0.5, 0.6) is 0 Å². The predicted octanol–water partition coefficient (Wildman–Crippen LogP) is 5.25. The summed E-state index contributed by atoms with van der Waals surface area (Å²) in [6, 6.07) is 15.9. The fourth-order valence-corrected chi connectivity index (χ4v) is 3.59. The number of fused-ring (bicyclic) bond motifs is 1. The van der Waals surface area contributed by atoms with Crippen molar-refractivity contribution in [2.75, 3.05) is 12.4 Å². The molecule has 2 heterocycles. The summed E-state index contributed by atoms with van der Waals surface area (Å²) in [4.78, 5) is 13.1. The van der Waals surface area contributed by atoms with Crippen molar-refractivity contribution in [2.45, 2.75) is 4.90 Å². The third kappa shape index (κ3) is 3.39. The summed E-state index contributed by atoms with van der Waals surface area (Å²) in [6.07, 6.45) is 3.48. The van der Waals surface area contributed by atoms with Crippen LogP contribution in [0.4, 0.5) is 11.5 Å². The maximum absolute atomic E-state index is 6.16. The third-order valence-corrected chi connectivity index (χ3v) is 4.85. The lowest BCUT2D eigenvalue weighted by atomic mass is 10.1. The van der Waals surface area contributed by atoms with Gasteiger partial charge in [-0.1, -0.05) is 29.8 Å². The van der Waals surface area contributed by atoms with E-state index in [4.69, 9.17) is 11.6 Å². The second-order valence-electron chi connectivity index (χ2n) is 5.62. The van der Waals surface area contributed by atoms with Crippen LogP contribution in [0.1, 0.15) is 0 Å². The van der Waals surface area contributed by atoms with Crippen LogP contribution < -0.4 is 10.0 Å². The van der Waals surface area contributed by atoms with E-state index in [1.165, 1.54) is 0 Å². The Hall–Kier alpha value is -2.54. The van der Waals surface area contributed by atoms with Crippen molar-refractivity contribution < 1.29 is 0 Å². The Balaban J connectivity index is 1.78. The van der Waals surface area contributed by atoms with E-state index >= 15 is 0 Å². The molecule has 0 radical (unpaired) electrons. The van der Waals surface area contributed by atoms with Gasteiger partial charge in [-0.05, 0) is 54.9 Å². The minimum atomic E-state index is 0.694. The number of nitrogens with one attached hydrogen (secondary N) is 3. The summed E-state index contributed by atoms with van der Waals surface area (Å²) in [5, 5.41) is 5.04. The SMILES string of the molecule is CNSc1cccc(Nc2ncnc3[nH]cc(-c4cccc(Cl)c4)c23)c1. The normalized spacial score (nSPS) is 11.0. The Kier molecular flexibility index (Phi) is 4.79. The second kappa shape index (κ2) is 7.37. The lowest BCUT2D eigenvalue weighted by Gasteiger charge is -2.09. The van der Waals surface area contributed by atoms with Crippen LogP contribution in [0.2, 0.25) is 5.02 Å². The molecular formula is C19H16ClN5S. The van der Waals surface area contributed by atoms with E-state index in [0.29, 0.717) is 5.02 Å². The van der Waals surface area contributed by atoms with Gasteiger partial charge in [-0.25, -0.2) is 9.97 Å². The molecule has 0 fully saturated rings. The maximum Gasteiger partial charge on any atom is 0.143 e. The van der Waals surface area contributed by atoms with Crippen molar-refractivity contribution in [1.82, 2.24) is 19.7 Å². The van der Waals surface area contributed by atoms with Gasteiger partial charge in [0.2, 0.25) is 0 Å². The molecule has 5 nitrogen and oxygen atoms in total. The Morgan fingerprint density at radius 2 is 1.96 bits per heavy atom. The molecule has 0 spiro atoms. The van der Waals surface area contributed by atoms with Crippen LogP contribution in [0, 0.1) is 0 Å². The van der Waals surface area contributed by atoms with E-state index in [-0.39, 0.29) is 0 Å². The molecule has 0 bridgehead atoms. The standard InChI is InChI=1S/C19H16ClN5S/c1-21-26-15-7-3-6-14(9-15)25-19-17-16(10-22-18(17)23-11-24-19)12-4-2-5-13(20)8-12/h2-11,21H,1H3,(H2,22,23,24,25). The zero-order valence-electron chi connectivity index (χ0n) is 14.0. The van der Waals surface area contributed by atoms with Crippen LogP contribution in [0.3, 0.4) is 0 Å². The van der Waals surface area contributed by atoms with Gasteiger partial charge in [-0.15, -0.1) is 0 Å². The monoisotopic (exact) mass is 381 g/mol. The summed E-state index contributed by atoms with van der Waals surface area (Å²) < 4.78 is 3.08. The van der Waals surface area contributed by atoms with Crippen molar-refractivity contribution in [2.24, 2.45) is 0 Å². The molecular weight excluding hydrogens is 366 g/mol. The van der Waals surface area contributed by atoms with Gasteiger partial charge >= 0.3 is 0 Å². The highest BCUT2D eigenvalue weighted by atomic mass is 35.5. The van der Waals surface area contributed by atoms with E-state index in [9.17, 15) is 0 Å². The number of hydrogen-bond acceptors (Lipinski definition) is 5. The molecule has 130 valence electrons. The summed E-state index contributed by atoms with van der Waals surface area (Å²) in [7, 11) is 1.90. The van der Waals surface area contributed by atoms with Crippen molar-refractivity contribution in [1.29, 1.82) is 0 Å². The van der Waals surface area contributed by atoms with Gasteiger partial charge < -0.3 is 10.3 Å². The highest BCUT2D eigenvalue weighted by Crippen LogP contribution is 2.34. The molecule has 0 atom stereocenters. The van der Waals surface area contributed by atoms with Crippen molar-refractivity contribution in [3.63, 3.8) is 0 Å². The largest absolute Gasteiger partial charge is 0.345 e. The minimum Gasteiger partial charge on any atom is -0.345 e. The van der Waals surface area contributed by atoms with Gasteiger partial charge in [0.1, 0.15) is 17.8 Å². The topological polar surface area (TPSA) is 65.6 Å². The Labute approximate surface area is 160 Å². The lowest BCUT2D eigenvalue weighted by molar-refractivity contribution is 1.20. The summed E-state index contributed by atoms with van der Waals surface area (Å²) in [5.41, 5.74) is 3.76. The fraction of sp³-hybridized carbons (Fsp3) is 0.0526. The highest BCUT2D eigenvalue weighted by Gasteiger charge is 2.13. The Morgan fingerprint density at radius 1 is 1.08 bits per heavy atom. The zero-order chi connectivity index (χ0) is 17.9. The fourth-order valence-electron chi connectivity index (χ4n) is 2.83. The molecule has 4 rings (SSSR count). The van der Waals surface area contributed by atoms with Crippen LogP contribution in [0.25, 0.3) is 22.2 Å². The summed E-state index contributed by atoms with van der Waals surface area (Å²) in [5.74, 6) is 0.748. The molecule has 0 saturated heterocycles. The molecule has 0 unspecified atom stereocenters. The van der Waals surface area contributed by atoms with Crippen molar-refractivity contribution in [3.8, 4) is 11.1 Å². The van der Waals surface area contributed by atoms with E-state index in [0.717, 1.165) is 38.6 Å². The zero-order valence-corrected chi connectivity index (χ0v) is 15.5. The maximum atomic E-state index is 6.16. The van der Waals surface area contributed by atoms with Crippen LogP contribution in [0.15, 0.2) is 66.0 Å². The number of hydrogen-bond donors (Lipinski definition) is 3. The molecule has 0 aliphatic heterocycles. The predicted molar refractivity (Wildman–Crippen MR) is 109 cm³/mol. The smallest absolute Gasteiger partial charge is 0.143 e. The molecule has 0 aliphatic carbocycles. The molecule has 0 amide bonds. The van der Waals surface area contributed by atoms with Crippen LogP contribution >= 0.6 is 23.5 Å². The van der Waals surface area contributed by atoms with E-state index < -0.39 is 0 Å². The quantitative estimate of drug-likeness (QED) is 0.412. The van der Waals surface area contributed by atoms with E-state index in [1.807, 2.05) is 49.6 Å². The molecule has 0 aliphatic rings. The number of halogens is 1. The average Bonchev–Trinajstić information content (AvgIpc) is 3.08. The van der Waals surface area contributed by atoms with Crippen LogP contribution in [-0.4, -0.2) is 22.0 Å². The third-order valence-electron chi connectivity index (χ3n) is 3.92. The molecule has 7 heteroatoms. The summed E-state index contributed by atoms with van der Waals surface area (Å²) >= 11 is 7.73. The van der Waals surface area contributed by atoms with E-state index in [1.54, 1.807) is 18.3 Å². The van der Waals surface area contributed by atoms with Crippen LogP contribution in [-0.2, 0) is 0 Å².